The predicted molar refractivity (Wildman–Crippen MR) is 137 cm³/mol. The molecule has 200 valence electrons. The average molecular weight is 524 g/mol. The zero-order valence-corrected chi connectivity index (χ0v) is 21.5. The molecule has 0 amide bonds. The lowest BCUT2D eigenvalue weighted by Gasteiger charge is -2.34. The van der Waals surface area contributed by atoms with Gasteiger partial charge in [-0.05, 0) is 56.5 Å². The number of esters is 2. The van der Waals surface area contributed by atoms with Crippen LogP contribution in [0.25, 0.3) is 0 Å². The fourth-order valence-electron chi connectivity index (χ4n) is 5.11. The van der Waals surface area contributed by atoms with E-state index in [9.17, 15) is 24.1 Å². The van der Waals surface area contributed by atoms with Crippen LogP contribution in [0.1, 0.15) is 43.7 Å². The van der Waals surface area contributed by atoms with Gasteiger partial charge in [-0.3, -0.25) is 15.0 Å². The van der Waals surface area contributed by atoms with E-state index in [1.54, 1.807) is 32.0 Å². The number of dihydropyridines is 1. The maximum absolute atomic E-state index is 13.7. The van der Waals surface area contributed by atoms with Crippen LogP contribution in [0.5, 0.6) is 0 Å². The Morgan fingerprint density at radius 2 is 1.79 bits per heavy atom. The Kier molecular flexibility index (Phi) is 8.21. The molecule has 2 aromatic rings. The van der Waals surface area contributed by atoms with E-state index < -0.39 is 28.9 Å². The topological polar surface area (TPSA) is 111 Å². The van der Waals surface area contributed by atoms with Crippen molar-refractivity contribution >= 4 is 17.6 Å². The third-order valence-electron chi connectivity index (χ3n) is 6.86. The molecule has 10 heteroatoms. The van der Waals surface area contributed by atoms with Gasteiger partial charge in [0, 0.05) is 36.6 Å². The SMILES string of the molecule is COC(=O)C1=C(C)NC(C)=C(C(=O)OC2CCCN(Cc3ccc(F)cc3)C2)C1c1cccc([N+](=O)[O-])c1. The molecule has 1 saturated heterocycles. The standard InChI is InChI=1S/C28H30FN3O6/c1-17-24(27(33)37-3)26(20-6-4-7-22(14-20)32(35)36)25(18(2)30-17)28(34)38-23-8-5-13-31(16-23)15-19-9-11-21(29)12-10-19/h4,6-7,9-12,14,23,26,30H,5,8,13,15-16H2,1-3H3. The van der Waals surface area contributed by atoms with Gasteiger partial charge in [-0.2, -0.15) is 0 Å². The third kappa shape index (κ3) is 5.91. The molecule has 1 N–H and O–H groups in total. The second-order valence-corrected chi connectivity index (χ2v) is 9.51. The number of non-ortho nitro benzene ring substituents is 1. The molecule has 4 rings (SSSR count). The number of likely N-dealkylation sites (tertiary alicyclic amines) is 1. The molecule has 0 spiro atoms. The molecule has 0 radical (unpaired) electrons. The maximum atomic E-state index is 13.7. The zero-order chi connectivity index (χ0) is 27.4. The Balaban J connectivity index is 1.60. The molecule has 0 aromatic heterocycles. The minimum atomic E-state index is -0.907. The lowest BCUT2D eigenvalue weighted by molar-refractivity contribution is -0.384. The summed E-state index contributed by atoms with van der Waals surface area (Å²) in [6.07, 6.45) is 1.10. The van der Waals surface area contributed by atoms with Crippen molar-refractivity contribution in [3.63, 3.8) is 0 Å². The molecule has 0 aliphatic carbocycles. The molecule has 2 atom stereocenters. The van der Waals surface area contributed by atoms with Crippen LogP contribution in [0, 0.1) is 15.9 Å². The van der Waals surface area contributed by atoms with Crippen LogP contribution in [0.15, 0.2) is 71.1 Å². The number of piperidine rings is 1. The molecule has 2 aromatic carbocycles. The van der Waals surface area contributed by atoms with Gasteiger partial charge in [0.2, 0.25) is 0 Å². The highest BCUT2D eigenvalue weighted by Crippen LogP contribution is 2.40. The Labute approximate surface area is 220 Å². The van der Waals surface area contributed by atoms with E-state index in [-0.39, 0.29) is 22.7 Å². The highest BCUT2D eigenvalue weighted by molar-refractivity contribution is 6.00. The van der Waals surface area contributed by atoms with E-state index in [2.05, 4.69) is 10.2 Å². The van der Waals surface area contributed by atoms with Gasteiger partial charge in [-0.1, -0.05) is 24.3 Å². The van der Waals surface area contributed by atoms with E-state index in [0.717, 1.165) is 18.5 Å². The molecular weight excluding hydrogens is 493 g/mol. The van der Waals surface area contributed by atoms with Crippen LogP contribution in [-0.4, -0.2) is 48.1 Å². The number of hydrogen-bond donors (Lipinski definition) is 1. The van der Waals surface area contributed by atoms with Crippen molar-refractivity contribution in [2.75, 3.05) is 20.2 Å². The Bertz CT molecular complexity index is 1300. The van der Waals surface area contributed by atoms with Gasteiger partial charge >= 0.3 is 11.9 Å². The van der Waals surface area contributed by atoms with Crippen molar-refractivity contribution < 1.29 is 28.4 Å². The monoisotopic (exact) mass is 523 g/mol. The first kappa shape index (κ1) is 27.0. The van der Waals surface area contributed by atoms with E-state index in [0.29, 0.717) is 36.5 Å². The van der Waals surface area contributed by atoms with Crippen molar-refractivity contribution in [3.05, 3.63) is 98.1 Å². The molecule has 0 bridgehead atoms. The van der Waals surface area contributed by atoms with Crippen LogP contribution in [0.2, 0.25) is 0 Å². The van der Waals surface area contributed by atoms with E-state index in [4.69, 9.17) is 9.47 Å². The maximum Gasteiger partial charge on any atom is 0.337 e. The number of ether oxygens (including phenoxy) is 2. The molecule has 2 unspecified atom stereocenters. The van der Waals surface area contributed by atoms with E-state index >= 15 is 0 Å². The van der Waals surface area contributed by atoms with Crippen LogP contribution >= 0.6 is 0 Å². The minimum Gasteiger partial charge on any atom is -0.466 e. The van der Waals surface area contributed by atoms with Gasteiger partial charge in [0.15, 0.2) is 0 Å². The van der Waals surface area contributed by atoms with Crippen molar-refractivity contribution in [1.29, 1.82) is 0 Å². The van der Waals surface area contributed by atoms with Gasteiger partial charge in [0.05, 0.1) is 29.1 Å². The Morgan fingerprint density at radius 3 is 2.45 bits per heavy atom. The normalized spacial score (nSPS) is 20.1. The molecule has 2 aliphatic rings. The lowest BCUT2D eigenvalue weighted by atomic mass is 9.80. The highest BCUT2D eigenvalue weighted by atomic mass is 19.1. The first-order valence-corrected chi connectivity index (χ1v) is 12.4. The van der Waals surface area contributed by atoms with E-state index in [1.165, 1.54) is 37.4 Å². The molecule has 0 saturated carbocycles. The number of carbonyl (C=O) groups excluding carboxylic acids is 2. The third-order valence-corrected chi connectivity index (χ3v) is 6.86. The minimum absolute atomic E-state index is 0.156. The number of rotatable bonds is 7. The number of allylic oxidation sites excluding steroid dienone is 2. The number of nitrogens with zero attached hydrogens (tertiary/aromatic N) is 2. The number of nitro benzene ring substituents is 1. The smallest absolute Gasteiger partial charge is 0.337 e. The number of nitrogens with one attached hydrogen (secondary N) is 1. The second kappa shape index (κ2) is 11.6. The number of methoxy groups -OCH3 is 1. The van der Waals surface area contributed by atoms with Gasteiger partial charge in [-0.25, -0.2) is 14.0 Å². The molecule has 2 heterocycles. The molecule has 2 aliphatic heterocycles. The van der Waals surface area contributed by atoms with Crippen LogP contribution in [0.4, 0.5) is 10.1 Å². The fraction of sp³-hybridized carbons (Fsp3) is 0.357. The highest BCUT2D eigenvalue weighted by Gasteiger charge is 2.39. The van der Waals surface area contributed by atoms with Gasteiger partial charge in [0.25, 0.3) is 5.69 Å². The average Bonchev–Trinajstić information content (AvgIpc) is 2.89. The van der Waals surface area contributed by atoms with Crippen molar-refractivity contribution in [1.82, 2.24) is 10.2 Å². The summed E-state index contributed by atoms with van der Waals surface area (Å²) >= 11 is 0. The Morgan fingerprint density at radius 1 is 1.11 bits per heavy atom. The Hall–Kier alpha value is -4.05. The predicted octanol–water partition coefficient (Wildman–Crippen LogP) is 4.35. The summed E-state index contributed by atoms with van der Waals surface area (Å²) in [5.74, 6) is -2.45. The summed E-state index contributed by atoms with van der Waals surface area (Å²) in [6, 6.07) is 12.2. The largest absolute Gasteiger partial charge is 0.466 e. The molecular formula is C28H30FN3O6. The first-order chi connectivity index (χ1) is 18.2. The lowest BCUT2D eigenvalue weighted by Crippen LogP contribution is -2.41. The fourth-order valence-corrected chi connectivity index (χ4v) is 5.11. The number of nitro groups is 1. The molecule has 38 heavy (non-hydrogen) atoms. The summed E-state index contributed by atoms with van der Waals surface area (Å²) in [5.41, 5.74) is 2.59. The van der Waals surface area contributed by atoms with Gasteiger partial charge in [0.1, 0.15) is 11.9 Å². The second-order valence-electron chi connectivity index (χ2n) is 9.51. The quantitative estimate of drug-likeness (QED) is 0.324. The van der Waals surface area contributed by atoms with Crippen molar-refractivity contribution in [3.8, 4) is 0 Å². The number of halogens is 1. The molecule has 1 fully saturated rings. The summed E-state index contributed by atoms with van der Waals surface area (Å²) < 4.78 is 24.2. The van der Waals surface area contributed by atoms with Gasteiger partial charge < -0.3 is 14.8 Å². The van der Waals surface area contributed by atoms with Crippen molar-refractivity contribution in [2.45, 2.75) is 45.3 Å². The zero-order valence-electron chi connectivity index (χ0n) is 21.5. The van der Waals surface area contributed by atoms with Crippen LogP contribution < -0.4 is 5.32 Å². The number of carbonyl (C=O) groups is 2. The summed E-state index contributed by atoms with van der Waals surface area (Å²) in [5, 5.41) is 14.5. The summed E-state index contributed by atoms with van der Waals surface area (Å²) in [6.45, 7) is 5.32. The molecule has 9 nitrogen and oxygen atoms in total. The number of hydrogen-bond acceptors (Lipinski definition) is 8. The summed E-state index contributed by atoms with van der Waals surface area (Å²) in [7, 11) is 1.24. The van der Waals surface area contributed by atoms with Crippen LogP contribution in [-0.2, 0) is 25.6 Å². The summed E-state index contributed by atoms with van der Waals surface area (Å²) in [4.78, 5) is 39.6. The van der Waals surface area contributed by atoms with Crippen molar-refractivity contribution in [2.24, 2.45) is 0 Å². The first-order valence-electron chi connectivity index (χ1n) is 12.4. The van der Waals surface area contributed by atoms with E-state index in [1.807, 2.05) is 0 Å². The van der Waals surface area contributed by atoms with Crippen LogP contribution in [0.3, 0.4) is 0 Å². The number of benzene rings is 2. The van der Waals surface area contributed by atoms with Gasteiger partial charge in [-0.15, -0.1) is 0 Å².